The molecule has 0 radical (unpaired) electrons. The van der Waals surface area contributed by atoms with E-state index in [2.05, 4.69) is 15.6 Å². The summed E-state index contributed by atoms with van der Waals surface area (Å²) in [6.07, 6.45) is 1.74. The summed E-state index contributed by atoms with van der Waals surface area (Å²) < 4.78 is 12.5. The molecule has 0 saturated carbocycles. The van der Waals surface area contributed by atoms with Crippen molar-refractivity contribution in [1.82, 2.24) is 19.9 Å². The molecule has 2 aromatic carbocycles. The van der Waals surface area contributed by atoms with Gasteiger partial charge in [0.15, 0.2) is 5.65 Å². The van der Waals surface area contributed by atoms with Crippen molar-refractivity contribution in [1.29, 1.82) is 0 Å². The summed E-state index contributed by atoms with van der Waals surface area (Å²) in [5.74, 6) is 1.98. The number of urea groups is 1. The normalized spacial score (nSPS) is 10.6. The molecule has 0 saturated heterocycles. The lowest BCUT2D eigenvalue weighted by atomic mass is 10.2. The van der Waals surface area contributed by atoms with E-state index in [9.17, 15) is 4.79 Å². The molecule has 2 N–H and O–H groups in total. The van der Waals surface area contributed by atoms with Crippen molar-refractivity contribution in [2.45, 2.75) is 6.54 Å². The fourth-order valence-corrected chi connectivity index (χ4v) is 3.34. The zero-order valence-corrected chi connectivity index (χ0v) is 17.3. The Labute approximate surface area is 179 Å². The molecule has 31 heavy (non-hydrogen) atoms. The van der Waals surface area contributed by atoms with Crippen molar-refractivity contribution < 1.29 is 14.3 Å². The van der Waals surface area contributed by atoms with Gasteiger partial charge in [-0.1, -0.05) is 30.3 Å². The first-order valence-corrected chi connectivity index (χ1v) is 9.83. The molecule has 4 rings (SSSR count). The first kappa shape index (κ1) is 20.2. The number of carbonyl (C=O) groups is 1. The van der Waals surface area contributed by atoms with Crippen LogP contribution in [0.25, 0.3) is 22.6 Å². The molecule has 0 spiro atoms. The molecule has 0 aliphatic heterocycles. The molecule has 8 heteroatoms. The summed E-state index contributed by atoms with van der Waals surface area (Å²) in [5, 5.41) is 5.68. The van der Waals surface area contributed by atoms with E-state index in [0.29, 0.717) is 30.3 Å². The van der Waals surface area contributed by atoms with Gasteiger partial charge in [-0.3, -0.25) is 0 Å². The van der Waals surface area contributed by atoms with Crippen molar-refractivity contribution in [2.75, 3.05) is 26.1 Å². The maximum Gasteiger partial charge on any atom is 0.319 e. The van der Waals surface area contributed by atoms with Gasteiger partial charge in [0.25, 0.3) is 0 Å². The van der Waals surface area contributed by atoms with Crippen LogP contribution in [0.3, 0.4) is 0 Å². The second-order valence-corrected chi connectivity index (χ2v) is 6.75. The van der Waals surface area contributed by atoms with Crippen molar-refractivity contribution in [3.05, 3.63) is 66.9 Å². The number of ether oxygens (including phenoxy) is 2. The van der Waals surface area contributed by atoms with E-state index < -0.39 is 0 Å². The standard InChI is InChI=1S/C23H23N5O3/c1-30-17-10-11-20(31-2)19(15-17)27-23(29)25-13-14-28-21(16-7-4-3-5-8-16)26-18-9-6-12-24-22(18)28/h3-12,15H,13-14H2,1-2H3,(H2,25,27,29). The number of anilines is 1. The number of rotatable bonds is 7. The summed E-state index contributed by atoms with van der Waals surface area (Å²) in [6, 6.07) is 18.6. The third-order valence-electron chi connectivity index (χ3n) is 4.81. The van der Waals surface area contributed by atoms with Crippen LogP contribution in [0.15, 0.2) is 66.9 Å². The summed E-state index contributed by atoms with van der Waals surface area (Å²) >= 11 is 0. The second-order valence-electron chi connectivity index (χ2n) is 6.75. The van der Waals surface area contributed by atoms with E-state index in [1.54, 1.807) is 38.6 Å². The Morgan fingerprint density at radius 1 is 1.03 bits per heavy atom. The summed E-state index contributed by atoms with van der Waals surface area (Å²) in [4.78, 5) is 21.7. The van der Waals surface area contributed by atoms with Crippen LogP contribution in [0.1, 0.15) is 0 Å². The highest BCUT2D eigenvalue weighted by Crippen LogP contribution is 2.28. The highest BCUT2D eigenvalue weighted by molar-refractivity contribution is 5.91. The van der Waals surface area contributed by atoms with Gasteiger partial charge in [0.05, 0.1) is 19.9 Å². The fraction of sp³-hybridized carbons (Fsp3) is 0.174. The van der Waals surface area contributed by atoms with Gasteiger partial charge in [0, 0.05) is 30.9 Å². The average Bonchev–Trinajstić information content (AvgIpc) is 3.18. The second kappa shape index (κ2) is 9.17. The molecule has 0 aliphatic rings. The molecular formula is C23H23N5O3. The highest BCUT2D eigenvalue weighted by atomic mass is 16.5. The van der Waals surface area contributed by atoms with Gasteiger partial charge in [-0.15, -0.1) is 0 Å². The average molecular weight is 417 g/mol. The Morgan fingerprint density at radius 3 is 2.65 bits per heavy atom. The Bertz CT molecular complexity index is 1190. The van der Waals surface area contributed by atoms with E-state index in [1.807, 2.05) is 47.0 Å². The number of imidazole rings is 1. The number of pyridine rings is 1. The van der Waals surface area contributed by atoms with Gasteiger partial charge in [-0.25, -0.2) is 14.8 Å². The van der Waals surface area contributed by atoms with Crippen LogP contribution in [-0.2, 0) is 6.54 Å². The van der Waals surface area contributed by atoms with E-state index in [-0.39, 0.29) is 6.03 Å². The third-order valence-corrected chi connectivity index (χ3v) is 4.81. The van der Waals surface area contributed by atoms with E-state index >= 15 is 0 Å². The van der Waals surface area contributed by atoms with Crippen molar-refractivity contribution in [3.63, 3.8) is 0 Å². The molecule has 2 amide bonds. The first-order valence-electron chi connectivity index (χ1n) is 9.83. The minimum atomic E-state index is -0.342. The molecule has 0 bridgehead atoms. The molecule has 8 nitrogen and oxygen atoms in total. The lowest BCUT2D eigenvalue weighted by molar-refractivity contribution is 0.251. The predicted molar refractivity (Wildman–Crippen MR) is 120 cm³/mol. The van der Waals surface area contributed by atoms with Crippen LogP contribution in [0.2, 0.25) is 0 Å². The quantitative estimate of drug-likeness (QED) is 0.475. The Morgan fingerprint density at radius 2 is 1.87 bits per heavy atom. The molecule has 158 valence electrons. The van der Waals surface area contributed by atoms with E-state index in [0.717, 1.165) is 22.6 Å². The van der Waals surface area contributed by atoms with Gasteiger partial charge in [0.2, 0.25) is 0 Å². The monoisotopic (exact) mass is 417 g/mol. The third kappa shape index (κ3) is 4.42. The molecule has 4 aromatic rings. The smallest absolute Gasteiger partial charge is 0.319 e. The maximum absolute atomic E-state index is 12.5. The number of amides is 2. The Balaban J connectivity index is 1.48. The van der Waals surface area contributed by atoms with Crippen LogP contribution in [-0.4, -0.2) is 41.3 Å². The molecular weight excluding hydrogens is 394 g/mol. The van der Waals surface area contributed by atoms with Crippen molar-refractivity contribution in [2.24, 2.45) is 0 Å². The summed E-state index contributed by atoms with van der Waals surface area (Å²) in [5.41, 5.74) is 3.11. The number of hydrogen-bond donors (Lipinski definition) is 2. The van der Waals surface area contributed by atoms with E-state index in [1.165, 1.54) is 0 Å². The number of fused-ring (bicyclic) bond motifs is 1. The van der Waals surface area contributed by atoms with Crippen molar-refractivity contribution >= 4 is 22.9 Å². The number of hydrogen-bond acceptors (Lipinski definition) is 5. The first-order chi connectivity index (χ1) is 15.2. The lowest BCUT2D eigenvalue weighted by Crippen LogP contribution is -2.31. The van der Waals surface area contributed by atoms with Gasteiger partial charge in [0.1, 0.15) is 22.8 Å². The lowest BCUT2D eigenvalue weighted by Gasteiger charge is -2.13. The molecule has 0 fully saturated rings. The zero-order chi connectivity index (χ0) is 21.6. The largest absolute Gasteiger partial charge is 0.497 e. The van der Waals surface area contributed by atoms with Crippen LogP contribution in [0.5, 0.6) is 11.5 Å². The molecule has 0 atom stereocenters. The zero-order valence-electron chi connectivity index (χ0n) is 17.3. The SMILES string of the molecule is COc1ccc(OC)c(NC(=O)NCCn2c(-c3ccccc3)nc3cccnc32)c1. The maximum atomic E-state index is 12.5. The molecule has 0 aliphatic carbocycles. The number of methoxy groups -OCH3 is 2. The van der Waals surface area contributed by atoms with Crippen LogP contribution in [0.4, 0.5) is 10.5 Å². The molecule has 2 heterocycles. The Hall–Kier alpha value is -4.07. The predicted octanol–water partition coefficient (Wildman–Crippen LogP) is 3.94. The minimum Gasteiger partial charge on any atom is -0.497 e. The van der Waals surface area contributed by atoms with E-state index in [4.69, 9.17) is 14.5 Å². The number of carbonyl (C=O) groups excluding carboxylic acids is 1. The van der Waals surface area contributed by atoms with Gasteiger partial charge in [-0.05, 0) is 24.3 Å². The highest BCUT2D eigenvalue weighted by Gasteiger charge is 2.14. The van der Waals surface area contributed by atoms with Crippen LogP contribution >= 0.6 is 0 Å². The summed E-state index contributed by atoms with van der Waals surface area (Å²) in [6.45, 7) is 0.903. The Kier molecular flexibility index (Phi) is 5.98. The van der Waals surface area contributed by atoms with Crippen LogP contribution in [0, 0.1) is 0 Å². The van der Waals surface area contributed by atoms with Gasteiger partial charge >= 0.3 is 6.03 Å². The minimum absolute atomic E-state index is 0.342. The number of nitrogens with zero attached hydrogens (tertiary/aromatic N) is 3. The number of aromatic nitrogens is 3. The summed E-state index contributed by atoms with van der Waals surface area (Å²) in [7, 11) is 3.12. The van der Waals surface area contributed by atoms with Gasteiger partial charge < -0.3 is 24.7 Å². The fourth-order valence-electron chi connectivity index (χ4n) is 3.34. The van der Waals surface area contributed by atoms with Crippen LogP contribution < -0.4 is 20.1 Å². The molecule has 2 aromatic heterocycles. The van der Waals surface area contributed by atoms with Crippen molar-refractivity contribution in [3.8, 4) is 22.9 Å². The number of nitrogens with one attached hydrogen (secondary N) is 2. The van der Waals surface area contributed by atoms with Gasteiger partial charge in [-0.2, -0.15) is 0 Å². The number of benzene rings is 2. The molecule has 0 unspecified atom stereocenters. The topological polar surface area (TPSA) is 90.3 Å².